The standard InChI is InChI=1S/C21H22N6O3/c1-13-17(20(28)25-15-3-5-16(30-2)6-4-15)11-22-19(24-13)14-8-10-27(12-14)21(29)18-7-9-23-26-18/h3-7,9,11,14H,8,10,12H2,1-2H3,(H,23,26)(H,25,28). The quantitative estimate of drug-likeness (QED) is 0.673. The van der Waals surface area contributed by atoms with Crippen LogP contribution in [0.1, 0.15) is 44.7 Å². The minimum atomic E-state index is -0.272. The van der Waals surface area contributed by atoms with E-state index in [2.05, 4.69) is 25.5 Å². The summed E-state index contributed by atoms with van der Waals surface area (Å²) in [5.74, 6) is 1.05. The van der Waals surface area contributed by atoms with Crippen molar-refractivity contribution in [3.63, 3.8) is 0 Å². The first-order valence-electron chi connectivity index (χ1n) is 9.62. The number of hydrogen-bond donors (Lipinski definition) is 2. The Balaban J connectivity index is 1.42. The first-order valence-corrected chi connectivity index (χ1v) is 9.62. The van der Waals surface area contributed by atoms with Gasteiger partial charge in [-0.25, -0.2) is 9.97 Å². The zero-order valence-electron chi connectivity index (χ0n) is 16.8. The van der Waals surface area contributed by atoms with Crippen LogP contribution in [0, 0.1) is 6.92 Å². The van der Waals surface area contributed by atoms with Gasteiger partial charge >= 0.3 is 0 Å². The smallest absolute Gasteiger partial charge is 0.271 e. The van der Waals surface area contributed by atoms with E-state index in [0.29, 0.717) is 47.3 Å². The van der Waals surface area contributed by atoms with Gasteiger partial charge in [-0.2, -0.15) is 5.10 Å². The van der Waals surface area contributed by atoms with Crippen LogP contribution in [0.5, 0.6) is 5.75 Å². The van der Waals surface area contributed by atoms with Crippen molar-refractivity contribution < 1.29 is 14.3 Å². The van der Waals surface area contributed by atoms with E-state index in [1.807, 2.05) is 0 Å². The Hall–Kier alpha value is -3.75. The summed E-state index contributed by atoms with van der Waals surface area (Å²) < 4.78 is 5.12. The van der Waals surface area contributed by atoms with Crippen molar-refractivity contribution in [1.82, 2.24) is 25.1 Å². The predicted octanol–water partition coefficient (Wildman–Crippen LogP) is 2.40. The number of aromatic amines is 1. The van der Waals surface area contributed by atoms with Gasteiger partial charge in [0.1, 0.15) is 17.3 Å². The summed E-state index contributed by atoms with van der Waals surface area (Å²) in [7, 11) is 1.59. The molecule has 2 N–H and O–H groups in total. The van der Waals surface area contributed by atoms with Crippen LogP contribution < -0.4 is 10.1 Å². The molecule has 154 valence electrons. The number of likely N-dealkylation sites (tertiary alicyclic amines) is 1. The number of aromatic nitrogens is 4. The molecule has 1 aromatic carbocycles. The number of H-pyrrole nitrogens is 1. The van der Waals surface area contributed by atoms with Gasteiger partial charge in [0.15, 0.2) is 0 Å². The molecule has 2 amide bonds. The second-order valence-corrected chi connectivity index (χ2v) is 7.12. The molecule has 0 bridgehead atoms. The number of nitrogens with one attached hydrogen (secondary N) is 2. The minimum Gasteiger partial charge on any atom is -0.497 e. The van der Waals surface area contributed by atoms with Crippen molar-refractivity contribution in [2.45, 2.75) is 19.3 Å². The molecular formula is C21H22N6O3. The molecule has 0 radical (unpaired) electrons. The largest absolute Gasteiger partial charge is 0.497 e. The van der Waals surface area contributed by atoms with E-state index in [4.69, 9.17) is 4.74 Å². The number of carbonyl (C=O) groups excluding carboxylic acids is 2. The average molecular weight is 406 g/mol. The number of methoxy groups -OCH3 is 1. The van der Waals surface area contributed by atoms with Gasteiger partial charge in [-0.1, -0.05) is 0 Å². The van der Waals surface area contributed by atoms with Gasteiger partial charge in [-0.05, 0) is 43.7 Å². The Morgan fingerprint density at radius 2 is 2.03 bits per heavy atom. The highest BCUT2D eigenvalue weighted by molar-refractivity contribution is 6.04. The van der Waals surface area contributed by atoms with Crippen LogP contribution in [0.25, 0.3) is 0 Å². The van der Waals surface area contributed by atoms with Gasteiger partial charge in [-0.3, -0.25) is 14.7 Å². The Morgan fingerprint density at radius 3 is 2.70 bits per heavy atom. The lowest BCUT2D eigenvalue weighted by Gasteiger charge is -2.15. The molecule has 9 heteroatoms. The third-order valence-electron chi connectivity index (χ3n) is 5.16. The van der Waals surface area contributed by atoms with Gasteiger partial charge in [-0.15, -0.1) is 0 Å². The van der Waals surface area contributed by atoms with E-state index in [-0.39, 0.29) is 17.7 Å². The fourth-order valence-electron chi connectivity index (χ4n) is 3.48. The van der Waals surface area contributed by atoms with E-state index in [9.17, 15) is 9.59 Å². The Morgan fingerprint density at radius 1 is 1.23 bits per heavy atom. The molecule has 30 heavy (non-hydrogen) atoms. The number of benzene rings is 1. The Labute approximate surface area is 173 Å². The van der Waals surface area contributed by atoms with E-state index in [0.717, 1.165) is 6.42 Å². The summed E-state index contributed by atoms with van der Waals surface area (Å²) in [6.45, 7) is 2.95. The van der Waals surface area contributed by atoms with Crippen LogP contribution in [-0.2, 0) is 0 Å². The first kappa shape index (κ1) is 19.6. The van der Waals surface area contributed by atoms with Gasteiger partial charge in [0.25, 0.3) is 11.8 Å². The molecule has 1 unspecified atom stereocenters. The van der Waals surface area contributed by atoms with Crippen LogP contribution in [0.2, 0.25) is 0 Å². The Kier molecular flexibility index (Phi) is 5.42. The van der Waals surface area contributed by atoms with Crippen LogP contribution in [0.4, 0.5) is 5.69 Å². The topological polar surface area (TPSA) is 113 Å². The van der Waals surface area contributed by atoms with Crippen LogP contribution in [0.15, 0.2) is 42.7 Å². The molecule has 1 saturated heterocycles. The van der Waals surface area contributed by atoms with Gasteiger partial charge in [0.05, 0.1) is 18.4 Å². The van der Waals surface area contributed by atoms with Crippen molar-refractivity contribution in [2.75, 3.05) is 25.5 Å². The summed E-state index contributed by atoms with van der Waals surface area (Å²) in [6.07, 6.45) is 3.88. The van der Waals surface area contributed by atoms with Crippen molar-refractivity contribution in [1.29, 1.82) is 0 Å². The van der Waals surface area contributed by atoms with Crippen molar-refractivity contribution in [3.8, 4) is 5.75 Å². The zero-order chi connectivity index (χ0) is 21.1. The SMILES string of the molecule is COc1ccc(NC(=O)c2cnc(C3CCN(C(=O)c4ccn[nH]4)C3)nc2C)cc1. The van der Waals surface area contributed by atoms with Gasteiger partial charge < -0.3 is 15.0 Å². The molecular weight excluding hydrogens is 384 g/mol. The maximum absolute atomic E-state index is 12.6. The summed E-state index contributed by atoms with van der Waals surface area (Å²) in [5, 5.41) is 9.37. The van der Waals surface area contributed by atoms with Crippen molar-refractivity contribution in [2.24, 2.45) is 0 Å². The number of hydrogen-bond acceptors (Lipinski definition) is 6. The number of aryl methyl sites for hydroxylation is 1. The molecule has 1 atom stereocenters. The first-order chi connectivity index (χ1) is 14.5. The fourth-order valence-corrected chi connectivity index (χ4v) is 3.48. The maximum atomic E-state index is 12.6. The number of nitrogens with zero attached hydrogens (tertiary/aromatic N) is 4. The fraction of sp³-hybridized carbons (Fsp3) is 0.286. The van der Waals surface area contributed by atoms with Crippen molar-refractivity contribution in [3.05, 3.63) is 65.5 Å². The second-order valence-electron chi connectivity index (χ2n) is 7.12. The molecule has 0 saturated carbocycles. The summed E-state index contributed by atoms with van der Waals surface area (Å²) in [6, 6.07) is 8.75. The number of amides is 2. The van der Waals surface area contributed by atoms with Crippen molar-refractivity contribution >= 4 is 17.5 Å². The Bertz CT molecular complexity index is 1050. The highest BCUT2D eigenvalue weighted by Crippen LogP contribution is 2.26. The number of rotatable bonds is 5. The van der Waals surface area contributed by atoms with Crippen LogP contribution in [0.3, 0.4) is 0 Å². The predicted molar refractivity (Wildman–Crippen MR) is 110 cm³/mol. The number of anilines is 1. The van der Waals surface area contributed by atoms with Crippen LogP contribution in [-0.4, -0.2) is 57.1 Å². The molecule has 1 aliphatic rings. The molecule has 3 aromatic rings. The molecule has 0 spiro atoms. The third-order valence-corrected chi connectivity index (χ3v) is 5.16. The molecule has 1 fully saturated rings. The third kappa shape index (κ3) is 4.00. The van der Waals surface area contributed by atoms with E-state index in [1.54, 1.807) is 61.7 Å². The lowest BCUT2D eigenvalue weighted by molar-refractivity contribution is 0.0784. The second kappa shape index (κ2) is 8.32. The lowest BCUT2D eigenvalue weighted by Crippen LogP contribution is -2.29. The number of ether oxygens (including phenoxy) is 1. The van der Waals surface area contributed by atoms with E-state index < -0.39 is 0 Å². The van der Waals surface area contributed by atoms with Gasteiger partial charge in [0.2, 0.25) is 0 Å². The normalized spacial score (nSPS) is 15.8. The van der Waals surface area contributed by atoms with E-state index >= 15 is 0 Å². The number of carbonyl (C=O) groups is 2. The lowest BCUT2D eigenvalue weighted by atomic mass is 10.1. The molecule has 1 aliphatic heterocycles. The summed E-state index contributed by atoms with van der Waals surface area (Å²) in [4.78, 5) is 35.8. The molecule has 9 nitrogen and oxygen atoms in total. The molecule has 3 heterocycles. The van der Waals surface area contributed by atoms with Gasteiger partial charge in [0, 0.05) is 37.1 Å². The zero-order valence-corrected chi connectivity index (χ0v) is 16.8. The minimum absolute atomic E-state index is 0.0364. The maximum Gasteiger partial charge on any atom is 0.271 e. The van der Waals surface area contributed by atoms with E-state index in [1.165, 1.54) is 0 Å². The average Bonchev–Trinajstić information content (AvgIpc) is 3.46. The molecule has 0 aliphatic carbocycles. The highest BCUT2D eigenvalue weighted by Gasteiger charge is 2.30. The van der Waals surface area contributed by atoms with Crippen LogP contribution >= 0.6 is 0 Å². The molecule has 2 aromatic heterocycles. The monoisotopic (exact) mass is 406 g/mol. The molecule has 4 rings (SSSR count). The summed E-state index contributed by atoms with van der Waals surface area (Å²) >= 11 is 0. The highest BCUT2D eigenvalue weighted by atomic mass is 16.5. The summed E-state index contributed by atoms with van der Waals surface area (Å²) in [5.41, 5.74) is 2.15.